The van der Waals surface area contributed by atoms with E-state index in [-0.39, 0.29) is 18.6 Å². The zero-order valence-corrected chi connectivity index (χ0v) is 40.1. The minimum absolute atomic E-state index is 0.0407. The van der Waals surface area contributed by atoms with Crippen LogP contribution in [0.1, 0.15) is 96.3 Å². The molecule has 68 heavy (non-hydrogen) atoms. The van der Waals surface area contributed by atoms with E-state index >= 15 is 0 Å². The molecule has 1 aliphatic heterocycles. The number of carbonyl (C=O) groups excluding carboxylic acids is 9. The molecule has 1 heterocycles. The van der Waals surface area contributed by atoms with Crippen LogP contribution in [0.15, 0.2) is 97.1 Å². The lowest BCUT2D eigenvalue weighted by molar-refractivity contribution is -0.140. The van der Waals surface area contributed by atoms with E-state index in [1.54, 1.807) is 54.6 Å². The number of hydrogen-bond acceptors (Lipinski definition) is 9. The van der Waals surface area contributed by atoms with Gasteiger partial charge in [-0.3, -0.25) is 43.2 Å². The van der Waals surface area contributed by atoms with Crippen molar-refractivity contribution in [2.45, 2.75) is 128 Å². The van der Waals surface area contributed by atoms with Gasteiger partial charge < -0.3 is 42.5 Å². The molecule has 0 aromatic heterocycles. The lowest BCUT2D eigenvalue weighted by Gasteiger charge is -2.34. The predicted octanol–water partition coefficient (Wildman–Crippen LogP) is 2.43. The van der Waals surface area contributed by atoms with Crippen molar-refractivity contribution in [2.24, 2.45) is 0 Å². The quantitative estimate of drug-likeness (QED) is 0.132. The van der Waals surface area contributed by atoms with E-state index < -0.39 is 93.6 Å². The minimum atomic E-state index is -1.73. The molecule has 17 nitrogen and oxygen atoms in total. The van der Waals surface area contributed by atoms with Crippen LogP contribution in [0.3, 0.4) is 0 Å². The van der Waals surface area contributed by atoms with Crippen molar-refractivity contribution in [1.29, 1.82) is 0 Å². The maximum Gasteiger partial charge on any atom is 0.245 e. The van der Waals surface area contributed by atoms with Crippen molar-refractivity contribution in [2.75, 3.05) is 0 Å². The Morgan fingerprint density at radius 3 is 1.22 bits per heavy atom. The van der Waals surface area contributed by atoms with Gasteiger partial charge in [0.05, 0.1) is 0 Å². The molecule has 360 valence electrons. The van der Waals surface area contributed by atoms with Crippen molar-refractivity contribution in [1.82, 2.24) is 42.5 Å². The number of fused-ring (bicyclic) bond motifs is 1. The van der Waals surface area contributed by atoms with Crippen LogP contribution < -0.4 is 42.5 Å². The Morgan fingerprint density at radius 2 is 0.765 bits per heavy atom. The molecule has 5 rings (SSSR count). The first-order valence-corrected chi connectivity index (χ1v) is 22.4. The number of hydrogen-bond donors (Lipinski definition) is 8. The highest BCUT2D eigenvalue weighted by atomic mass is 16.2. The van der Waals surface area contributed by atoms with Crippen LogP contribution in [-0.2, 0) is 51.2 Å². The van der Waals surface area contributed by atoms with Gasteiger partial charge in [0, 0.05) is 24.0 Å². The van der Waals surface area contributed by atoms with Crippen LogP contribution >= 0.6 is 0 Å². The molecule has 0 spiro atoms. The molecule has 4 aromatic rings. The largest absolute Gasteiger partial charge is 0.343 e. The van der Waals surface area contributed by atoms with Crippen LogP contribution in [-0.4, -0.2) is 99.4 Å². The van der Waals surface area contributed by atoms with E-state index in [0.29, 0.717) is 22.3 Å². The third-order valence-electron chi connectivity index (χ3n) is 11.7. The maximum atomic E-state index is 14.4. The van der Waals surface area contributed by atoms with Gasteiger partial charge in [-0.2, -0.15) is 0 Å². The number of ketones is 1. The summed E-state index contributed by atoms with van der Waals surface area (Å²) in [5.41, 5.74) is -4.61. The highest BCUT2D eigenvalue weighted by Gasteiger charge is 2.41. The van der Waals surface area contributed by atoms with Gasteiger partial charge >= 0.3 is 0 Å². The van der Waals surface area contributed by atoms with Gasteiger partial charge in [0.1, 0.15) is 46.3 Å². The summed E-state index contributed by atoms with van der Waals surface area (Å²) >= 11 is 0. The summed E-state index contributed by atoms with van der Waals surface area (Å²) in [6.07, 6.45) is -0.171. The molecule has 8 amide bonds. The summed E-state index contributed by atoms with van der Waals surface area (Å²) in [5, 5.41) is 23.0. The first kappa shape index (κ1) is 51.6. The lowest BCUT2D eigenvalue weighted by atomic mass is 9.96. The van der Waals surface area contributed by atoms with Crippen LogP contribution in [0.25, 0.3) is 10.8 Å². The Labute approximate surface area is 396 Å². The Bertz CT molecular complexity index is 2610. The number of amides is 8. The first-order valence-electron chi connectivity index (χ1n) is 22.4. The molecule has 1 fully saturated rings. The highest BCUT2D eigenvalue weighted by Crippen LogP contribution is 2.19. The zero-order chi connectivity index (χ0) is 50.4. The summed E-state index contributed by atoms with van der Waals surface area (Å²) in [7, 11) is 0. The van der Waals surface area contributed by atoms with Crippen molar-refractivity contribution < 1.29 is 43.2 Å². The third-order valence-corrected chi connectivity index (χ3v) is 11.7. The molecule has 17 heteroatoms. The Balaban J connectivity index is 1.51. The van der Waals surface area contributed by atoms with Gasteiger partial charge in [-0.25, -0.2) is 0 Å². The third kappa shape index (κ3) is 12.9. The predicted molar refractivity (Wildman–Crippen MR) is 256 cm³/mol. The molecule has 0 bridgehead atoms. The van der Waals surface area contributed by atoms with E-state index in [9.17, 15) is 43.2 Å². The average Bonchev–Trinajstić information content (AvgIpc) is 3.27. The second-order valence-electron chi connectivity index (χ2n) is 19.4. The summed E-state index contributed by atoms with van der Waals surface area (Å²) in [6.45, 7) is 14.0. The molecule has 8 N–H and O–H groups in total. The molecule has 1 saturated heterocycles. The molecule has 0 aliphatic carbocycles. The maximum absolute atomic E-state index is 14.4. The Hall–Kier alpha value is -7.43. The van der Waals surface area contributed by atoms with Gasteiger partial charge in [0.15, 0.2) is 5.78 Å². The van der Waals surface area contributed by atoms with Gasteiger partial charge in [-0.1, -0.05) is 97.1 Å². The standard InChI is InChI=1S/C51H62N8O9/c1-29-40(61)56-48(3,4)44(65)52-30(2)41(62)57-50(7,8)46(67)54-37(27-31-20-24-35(25-21-31)39(60)34-17-12-11-13-18-34)42(63)59-51(9,10)47(68)55-38(43(64)58-49(5,6)45(66)53-29)28-32-22-23-33-16-14-15-19-36(33)26-32/h11-26,29-30,37-38H,27-28H2,1-10H3,(H,52,65)(H,53,66)(H,54,67)(H,55,68)(H,56,61)(H,57,62)(H,58,64)(H,59,63). The van der Waals surface area contributed by atoms with Crippen molar-refractivity contribution in [3.8, 4) is 0 Å². The molecule has 4 unspecified atom stereocenters. The number of benzene rings is 4. The number of carbonyl (C=O) groups is 9. The van der Waals surface area contributed by atoms with Crippen molar-refractivity contribution in [3.05, 3.63) is 119 Å². The average molecular weight is 931 g/mol. The van der Waals surface area contributed by atoms with Crippen LogP contribution in [0.4, 0.5) is 0 Å². The molecular weight excluding hydrogens is 869 g/mol. The fourth-order valence-electron chi connectivity index (χ4n) is 7.22. The molecule has 4 atom stereocenters. The van der Waals surface area contributed by atoms with Gasteiger partial charge in [-0.05, 0) is 91.1 Å². The monoisotopic (exact) mass is 930 g/mol. The number of rotatable bonds is 6. The molecule has 1 aliphatic rings. The fourth-order valence-corrected chi connectivity index (χ4v) is 7.22. The van der Waals surface area contributed by atoms with Gasteiger partial charge in [0.25, 0.3) is 0 Å². The molecular formula is C51H62N8O9. The Morgan fingerprint density at radius 1 is 0.412 bits per heavy atom. The zero-order valence-electron chi connectivity index (χ0n) is 40.1. The normalized spacial score (nSPS) is 22.9. The first-order chi connectivity index (χ1) is 31.7. The number of nitrogens with one attached hydrogen (secondary N) is 8. The van der Waals surface area contributed by atoms with Crippen molar-refractivity contribution >= 4 is 63.8 Å². The van der Waals surface area contributed by atoms with Gasteiger partial charge in [-0.15, -0.1) is 0 Å². The second-order valence-corrected chi connectivity index (χ2v) is 19.4. The molecule has 0 saturated carbocycles. The van der Waals surface area contributed by atoms with E-state index in [0.717, 1.165) is 10.8 Å². The molecule has 0 radical (unpaired) electrons. The van der Waals surface area contributed by atoms with E-state index in [1.165, 1.54) is 69.2 Å². The van der Waals surface area contributed by atoms with E-state index in [1.807, 2.05) is 42.5 Å². The Kier molecular flexibility index (Phi) is 15.6. The van der Waals surface area contributed by atoms with Gasteiger partial charge in [0.2, 0.25) is 47.3 Å². The van der Waals surface area contributed by atoms with Crippen LogP contribution in [0, 0.1) is 0 Å². The van der Waals surface area contributed by atoms with Crippen molar-refractivity contribution in [3.63, 3.8) is 0 Å². The summed E-state index contributed by atoms with van der Waals surface area (Å²) in [5.74, 6) is -6.38. The fraction of sp³-hybridized carbons (Fsp3) is 0.392. The summed E-state index contributed by atoms with van der Waals surface area (Å²) < 4.78 is 0. The topological polar surface area (TPSA) is 250 Å². The SMILES string of the molecule is CC1NC(=O)C(C)(C)NC(=O)C(C)NC(=O)C(C)(C)NC(=O)C(Cc2ccc3ccccc3c2)NC(=O)C(C)(C)NC(=O)C(Cc2ccc(C(=O)c3ccccc3)cc2)NC(=O)C(C)(C)NC1=O. The van der Waals surface area contributed by atoms with Crippen LogP contribution in [0.2, 0.25) is 0 Å². The lowest BCUT2D eigenvalue weighted by Crippen LogP contribution is -2.66. The van der Waals surface area contributed by atoms with Crippen LogP contribution in [0.5, 0.6) is 0 Å². The van der Waals surface area contributed by atoms with E-state index in [2.05, 4.69) is 42.5 Å². The molecule has 4 aromatic carbocycles. The van der Waals surface area contributed by atoms with E-state index in [4.69, 9.17) is 0 Å². The second kappa shape index (κ2) is 20.6. The summed E-state index contributed by atoms with van der Waals surface area (Å²) in [4.78, 5) is 124. The highest BCUT2D eigenvalue weighted by molar-refractivity contribution is 6.09. The smallest absolute Gasteiger partial charge is 0.245 e. The summed E-state index contributed by atoms with van der Waals surface area (Å²) in [6, 6.07) is 23.2. The minimum Gasteiger partial charge on any atom is -0.343 e.